The van der Waals surface area contributed by atoms with Gasteiger partial charge in [0.1, 0.15) is 11.9 Å². The highest BCUT2D eigenvalue weighted by Gasteiger charge is 2.27. The number of hydrogen-bond acceptors (Lipinski definition) is 3. The third-order valence-corrected chi connectivity index (χ3v) is 6.65. The van der Waals surface area contributed by atoms with Crippen molar-refractivity contribution >= 4 is 58.4 Å². The molecule has 2 aromatic carbocycles. The largest absolute Gasteiger partial charge is 0.354 e. The molecule has 31 heavy (non-hydrogen) atoms. The average molecular weight is 506 g/mol. The SMILES string of the molecule is CCCNC(=O)[C@@H](C)N(Cc1c(Cl)cccc1Cl)C(=O)CSCc1c(F)cccc1Cl. The number of carbonyl (C=O) groups excluding carboxylic acids is 2. The molecule has 0 aliphatic rings. The summed E-state index contributed by atoms with van der Waals surface area (Å²) in [6.45, 7) is 4.20. The maximum atomic E-state index is 14.0. The molecule has 0 saturated heterocycles. The van der Waals surface area contributed by atoms with E-state index < -0.39 is 11.9 Å². The van der Waals surface area contributed by atoms with Gasteiger partial charge >= 0.3 is 0 Å². The lowest BCUT2D eigenvalue weighted by molar-refractivity contribution is -0.138. The van der Waals surface area contributed by atoms with E-state index >= 15 is 0 Å². The molecule has 0 bridgehead atoms. The van der Waals surface area contributed by atoms with Gasteiger partial charge in [0, 0.05) is 45.0 Å². The van der Waals surface area contributed by atoms with Crippen LogP contribution in [0.1, 0.15) is 31.4 Å². The molecule has 2 aromatic rings. The van der Waals surface area contributed by atoms with Gasteiger partial charge in [0.15, 0.2) is 0 Å². The van der Waals surface area contributed by atoms with Crippen molar-refractivity contribution in [2.75, 3.05) is 12.3 Å². The standard InChI is InChI=1S/C22H24Cl3FN2O2S/c1-3-10-27-22(30)14(2)28(11-15-17(23)6-4-7-18(15)24)21(29)13-31-12-16-19(25)8-5-9-20(16)26/h4-9,14H,3,10-13H2,1-2H3,(H,27,30)/t14-/m1/s1. The number of nitrogens with zero attached hydrogens (tertiary/aromatic N) is 1. The highest BCUT2D eigenvalue weighted by molar-refractivity contribution is 7.99. The van der Waals surface area contributed by atoms with Crippen molar-refractivity contribution in [2.24, 2.45) is 0 Å². The summed E-state index contributed by atoms with van der Waals surface area (Å²) in [7, 11) is 0. The molecular weight excluding hydrogens is 482 g/mol. The summed E-state index contributed by atoms with van der Waals surface area (Å²) in [6.07, 6.45) is 0.780. The van der Waals surface area contributed by atoms with Crippen molar-refractivity contribution in [3.63, 3.8) is 0 Å². The minimum atomic E-state index is -0.732. The summed E-state index contributed by atoms with van der Waals surface area (Å²) in [5.41, 5.74) is 0.910. The molecule has 168 valence electrons. The third-order valence-electron chi connectivity index (χ3n) is 4.64. The molecule has 0 unspecified atom stereocenters. The molecule has 0 fully saturated rings. The van der Waals surface area contributed by atoms with Crippen molar-refractivity contribution in [3.8, 4) is 0 Å². The summed E-state index contributed by atoms with van der Waals surface area (Å²) in [5.74, 6) is -0.695. The van der Waals surface area contributed by atoms with E-state index in [0.717, 1.165) is 6.42 Å². The van der Waals surface area contributed by atoms with E-state index in [1.54, 1.807) is 31.2 Å². The predicted octanol–water partition coefficient (Wildman–Crippen LogP) is 5.96. The minimum absolute atomic E-state index is 0.0398. The van der Waals surface area contributed by atoms with E-state index in [1.807, 2.05) is 6.92 Å². The van der Waals surface area contributed by atoms with E-state index in [9.17, 15) is 14.0 Å². The average Bonchev–Trinajstić information content (AvgIpc) is 2.73. The van der Waals surface area contributed by atoms with Crippen LogP contribution in [0.4, 0.5) is 4.39 Å². The molecule has 9 heteroatoms. The first kappa shape index (κ1) is 25.8. The van der Waals surface area contributed by atoms with E-state index in [0.29, 0.717) is 32.7 Å². The van der Waals surface area contributed by atoms with E-state index in [-0.39, 0.29) is 29.9 Å². The first-order valence-corrected chi connectivity index (χ1v) is 12.1. The lowest BCUT2D eigenvalue weighted by atomic mass is 10.1. The normalized spacial score (nSPS) is 11.8. The molecule has 0 spiro atoms. The molecule has 1 N–H and O–H groups in total. The number of amides is 2. The number of hydrogen-bond donors (Lipinski definition) is 1. The van der Waals surface area contributed by atoms with Gasteiger partial charge in [0.25, 0.3) is 0 Å². The fourth-order valence-corrected chi connectivity index (χ4v) is 4.59. The van der Waals surface area contributed by atoms with Crippen LogP contribution in [0.25, 0.3) is 0 Å². The van der Waals surface area contributed by atoms with Gasteiger partial charge in [0.2, 0.25) is 11.8 Å². The zero-order valence-electron chi connectivity index (χ0n) is 17.3. The molecule has 0 radical (unpaired) electrons. The monoisotopic (exact) mass is 504 g/mol. The molecule has 0 aromatic heterocycles. The Bertz CT molecular complexity index is 889. The summed E-state index contributed by atoms with van der Waals surface area (Å²) in [4.78, 5) is 27.0. The molecule has 0 aliphatic heterocycles. The molecule has 4 nitrogen and oxygen atoms in total. The van der Waals surface area contributed by atoms with Gasteiger partial charge in [-0.2, -0.15) is 0 Å². The van der Waals surface area contributed by atoms with Gasteiger partial charge in [-0.3, -0.25) is 9.59 Å². The van der Waals surface area contributed by atoms with Gasteiger partial charge in [-0.15, -0.1) is 11.8 Å². The Balaban J connectivity index is 2.16. The zero-order chi connectivity index (χ0) is 23.0. The summed E-state index contributed by atoms with van der Waals surface area (Å²) >= 11 is 19.8. The maximum Gasteiger partial charge on any atom is 0.242 e. The van der Waals surface area contributed by atoms with Crippen molar-refractivity contribution < 1.29 is 14.0 Å². The van der Waals surface area contributed by atoms with Crippen LogP contribution in [0, 0.1) is 5.82 Å². The van der Waals surface area contributed by atoms with Crippen LogP contribution in [0.2, 0.25) is 15.1 Å². The lowest BCUT2D eigenvalue weighted by Gasteiger charge is -2.29. The number of thioether (sulfide) groups is 1. The smallest absolute Gasteiger partial charge is 0.242 e. The molecular formula is C22H24Cl3FN2O2S. The molecule has 0 heterocycles. The quantitative estimate of drug-likeness (QED) is 0.433. The Morgan fingerprint density at radius 3 is 2.23 bits per heavy atom. The Hall–Kier alpha value is -1.47. The summed E-state index contributed by atoms with van der Waals surface area (Å²) < 4.78 is 14.0. The molecule has 1 atom stereocenters. The number of halogens is 4. The third kappa shape index (κ3) is 7.28. The van der Waals surface area contributed by atoms with Crippen molar-refractivity contribution in [1.29, 1.82) is 0 Å². The van der Waals surface area contributed by atoms with E-state index in [4.69, 9.17) is 34.8 Å². The van der Waals surface area contributed by atoms with Crippen LogP contribution in [0.3, 0.4) is 0 Å². The fraction of sp³-hybridized carbons (Fsp3) is 0.364. The second kappa shape index (κ2) is 12.5. The van der Waals surface area contributed by atoms with E-state index in [1.165, 1.54) is 28.8 Å². The second-order valence-electron chi connectivity index (χ2n) is 6.88. The van der Waals surface area contributed by atoms with Crippen LogP contribution in [-0.4, -0.2) is 35.1 Å². The topological polar surface area (TPSA) is 49.4 Å². The van der Waals surface area contributed by atoms with Crippen LogP contribution >= 0.6 is 46.6 Å². The zero-order valence-corrected chi connectivity index (χ0v) is 20.3. The molecule has 0 aliphatic carbocycles. The van der Waals surface area contributed by atoms with Crippen LogP contribution in [0.5, 0.6) is 0 Å². The van der Waals surface area contributed by atoms with Crippen molar-refractivity contribution in [3.05, 3.63) is 68.4 Å². The fourth-order valence-electron chi connectivity index (χ4n) is 2.83. The van der Waals surface area contributed by atoms with Crippen LogP contribution in [0.15, 0.2) is 36.4 Å². The molecule has 0 saturated carbocycles. The van der Waals surface area contributed by atoms with Crippen LogP contribution < -0.4 is 5.32 Å². The number of carbonyl (C=O) groups is 2. The predicted molar refractivity (Wildman–Crippen MR) is 127 cm³/mol. The molecule has 2 amide bonds. The Labute approximate surface area is 201 Å². The second-order valence-corrected chi connectivity index (χ2v) is 9.09. The highest BCUT2D eigenvalue weighted by atomic mass is 35.5. The number of benzene rings is 2. The van der Waals surface area contributed by atoms with Gasteiger partial charge < -0.3 is 10.2 Å². The Morgan fingerprint density at radius 2 is 1.65 bits per heavy atom. The first-order chi connectivity index (χ1) is 14.8. The Kier molecular flexibility index (Phi) is 10.4. The number of nitrogens with one attached hydrogen (secondary N) is 1. The van der Waals surface area contributed by atoms with Gasteiger partial charge in [-0.25, -0.2) is 4.39 Å². The lowest BCUT2D eigenvalue weighted by Crippen LogP contribution is -2.48. The summed E-state index contributed by atoms with van der Waals surface area (Å²) in [6, 6.07) is 8.81. The molecule has 2 rings (SSSR count). The van der Waals surface area contributed by atoms with E-state index in [2.05, 4.69) is 5.32 Å². The van der Waals surface area contributed by atoms with Gasteiger partial charge in [-0.05, 0) is 37.6 Å². The van der Waals surface area contributed by atoms with Gasteiger partial charge in [-0.1, -0.05) is 53.9 Å². The maximum absolute atomic E-state index is 14.0. The number of rotatable bonds is 10. The van der Waals surface area contributed by atoms with Crippen molar-refractivity contribution in [2.45, 2.75) is 38.6 Å². The van der Waals surface area contributed by atoms with Crippen molar-refractivity contribution in [1.82, 2.24) is 10.2 Å². The Morgan fingerprint density at radius 1 is 1.06 bits per heavy atom. The van der Waals surface area contributed by atoms with Crippen LogP contribution in [-0.2, 0) is 21.9 Å². The highest BCUT2D eigenvalue weighted by Crippen LogP contribution is 2.28. The summed E-state index contributed by atoms with van der Waals surface area (Å²) in [5, 5.41) is 3.95. The first-order valence-electron chi connectivity index (χ1n) is 9.76. The van der Waals surface area contributed by atoms with Gasteiger partial charge in [0.05, 0.1) is 5.75 Å². The minimum Gasteiger partial charge on any atom is -0.354 e.